The van der Waals surface area contributed by atoms with Crippen molar-refractivity contribution in [2.75, 3.05) is 31.5 Å². The van der Waals surface area contributed by atoms with E-state index in [2.05, 4.69) is 10.0 Å². The smallest absolute Gasteiger partial charge is 0.261 e. The molecular weight excluding hydrogens is 425 g/mol. The number of nitrogens with zero attached hydrogens (tertiary/aromatic N) is 1. The second kappa shape index (κ2) is 9.88. The zero-order chi connectivity index (χ0) is 22.4. The fraction of sp³-hybridized carbons (Fsp3) is 0.333. The molecule has 10 heteroatoms. The third kappa shape index (κ3) is 5.59. The van der Waals surface area contributed by atoms with Crippen LogP contribution in [-0.2, 0) is 19.6 Å². The van der Waals surface area contributed by atoms with Gasteiger partial charge in [-0.15, -0.1) is 0 Å². The zero-order valence-electron chi connectivity index (χ0n) is 17.0. The maximum absolute atomic E-state index is 13.0. The van der Waals surface area contributed by atoms with E-state index in [-0.39, 0.29) is 22.4 Å². The van der Waals surface area contributed by atoms with Crippen molar-refractivity contribution in [1.82, 2.24) is 10.2 Å². The third-order valence-electron chi connectivity index (χ3n) is 4.93. The van der Waals surface area contributed by atoms with Crippen LogP contribution in [0.3, 0.4) is 0 Å². The first-order chi connectivity index (χ1) is 14.8. The fourth-order valence-corrected chi connectivity index (χ4v) is 4.41. The van der Waals surface area contributed by atoms with E-state index in [4.69, 9.17) is 4.74 Å². The number of halogens is 1. The van der Waals surface area contributed by atoms with Crippen LogP contribution in [-0.4, -0.2) is 58.0 Å². The van der Waals surface area contributed by atoms with Crippen LogP contribution in [0.2, 0.25) is 0 Å². The highest BCUT2D eigenvalue weighted by molar-refractivity contribution is 7.92. The van der Waals surface area contributed by atoms with Gasteiger partial charge in [0.1, 0.15) is 11.9 Å². The Bertz CT molecular complexity index is 1030. The predicted molar refractivity (Wildman–Crippen MR) is 113 cm³/mol. The van der Waals surface area contributed by atoms with Crippen LogP contribution in [0, 0.1) is 5.82 Å². The normalized spacial score (nSPS) is 16.2. The molecule has 8 nitrogen and oxygen atoms in total. The van der Waals surface area contributed by atoms with Crippen molar-refractivity contribution >= 4 is 27.5 Å². The average Bonchev–Trinajstić information content (AvgIpc) is 3.24. The highest BCUT2D eigenvalue weighted by Gasteiger charge is 2.34. The van der Waals surface area contributed by atoms with Crippen LogP contribution < -0.4 is 10.0 Å². The Morgan fingerprint density at radius 3 is 2.45 bits per heavy atom. The number of nitrogens with one attached hydrogen (secondary N) is 2. The number of rotatable bonds is 8. The van der Waals surface area contributed by atoms with Crippen LogP contribution in [0.5, 0.6) is 0 Å². The number of ether oxygens (including phenoxy) is 1. The Hall–Kier alpha value is -2.98. The number of carbonyl (C=O) groups excluding carboxylic acids is 2. The maximum atomic E-state index is 13.0. The van der Waals surface area contributed by atoms with Gasteiger partial charge in [-0.1, -0.05) is 0 Å². The molecule has 0 aliphatic carbocycles. The molecule has 1 heterocycles. The molecular formula is C21H24FN3O5S. The van der Waals surface area contributed by atoms with Gasteiger partial charge >= 0.3 is 0 Å². The second-order valence-corrected chi connectivity index (χ2v) is 8.76. The summed E-state index contributed by atoms with van der Waals surface area (Å²) < 4.78 is 45.1. The van der Waals surface area contributed by atoms with Gasteiger partial charge < -0.3 is 15.0 Å². The molecule has 1 saturated heterocycles. The molecule has 1 aliphatic heterocycles. The molecule has 166 valence electrons. The highest BCUT2D eigenvalue weighted by Crippen LogP contribution is 2.22. The van der Waals surface area contributed by atoms with Gasteiger partial charge in [0.05, 0.1) is 11.5 Å². The summed E-state index contributed by atoms with van der Waals surface area (Å²) in [6.07, 6.45) is 1.31. The van der Waals surface area contributed by atoms with Crippen LogP contribution in [0.4, 0.5) is 10.1 Å². The minimum atomic E-state index is -3.89. The number of carbonyl (C=O) groups is 2. The van der Waals surface area contributed by atoms with Gasteiger partial charge in [0.2, 0.25) is 5.91 Å². The number of hydrogen-bond acceptors (Lipinski definition) is 5. The minimum Gasteiger partial charge on any atom is -0.383 e. The molecule has 0 radical (unpaired) electrons. The van der Waals surface area contributed by atoms with Crippen LogP contribution in [0.1, 0.15) is 23.2 Å². The van der Waals surface area contributed by atoms with Crippen molar-refractivity contribution in [2.24, 2.45) is 0 Å². The minimum absolute atomic E-state index is 0.0755. The van der Waals surface area contributed by atoms with Crippen molar-refractivity contribution in [3.63, 3.8) is 0 Å². The summed E-state index contributed by atoms with van der Waals surface area (Å²) in [6.45, 7) is 1.23. The second-order valence-electron chi connectivity index (χ2n) is 7.08. The molecule has 0 spiro atoms. The SMILES string of the molecule is COCCNC(=O)[C@@H]1CCCN1C(=O)c1ccc(NS(=O)(=O)c2ccc(F)cc2)cc1. The molecule has 31 heavy (non-hydrogen) atoms. The van der Waals surface area contributed by atoms with Crippen LogP contribution in [0.15, 0.2) is 53.4 Å². The molecule has 0 bridgehead atoms. The van der Waals surface area contributed by atoms with E-state index in [0.717, 1.165) is 18.6 Å². The van der Waals surface area contributed by atoms with E-state index in [1.54, 1.807) is 7.11 Å². The molecule has 0 saturated carbocycles. The first-order valence-electron chi connectivity index (χ1n) is 9.78. The largest absolute Gasteiger partial charge is 0.383 e. The van der Waals surface area contributed by atoms with Gasteiger partial charge in [-0.2, -0.15) is 0 Å². The van der Waals surface area contributed by atoms with E-state index in [9.17, 15) is 22.4 Å². The predicted octanol–water partition coefficient (Wildman–Crippen LogP) is 1.99. The molecule has 2 aromatic rings. The topological polar surface area (TPSA) is 105 Å². The monoisotopic (exact) mass is 449 g/mol. The highest BCUT2D eigenvalue weighted by atomic mass is 32.2. The Morgan fingerprint density at radius 2 is 1.81 bits per heavy atom. The standard InChI is InChI=1S/C21H24FN3O5S/c1-30-14-12-23-20(26)19-3-2-13-25(19)21(27)15-4-8-17(9-5-15)24-31(28,29)18-10-6-16(22)7-11-18/h4-11,19,24H,2-3,12-14H2,1H3,(H,23,26)/t19-/m0/s1. The zero-order valence-corrected chi connectivity index (χ0v) is 17.8. The number of benzene rings is 2. The molecule has 1 atom stereocenters. The quantitative estimate of drug-likeness (QED) is 0.600. The van der Waals surface area contributed by atoms with Crippen molar-refractivity contribution < 1.29 is 27.1 Å². The summed E-state index contributed by atoms with van der Waals surface area (Å²) in [5.74, 6) is -1.04. The summed E-state index contributed by atoms with van der Waals surface area (Å²) in [5, 5.41) is 2.76. The summed E-state index contributed by atoms with van der Waals surface area (Å²) in [7, 11) is -2.34. The van der Waals surface area contributed by atoms with Crippen molar-refractivity contribution in [1.29, 1.82) is 0 Å². The number of methoxy groups -OCH3 is 1. The molecule has 1 aliphatic rings. The Labute approximate surface area is 180 Å². The number of sulfonamides is 1. The summed E-state index contributed by atoms with van der Waals surface area (Å²) >= 11 is 0. The maximum Gasteiger partial charge on any atom is 0.261 e. The molecule has 1 fully saturated rings. The van der Waals surface area contributed by atoms with Gasteiger partial charge in [-0.05, 0) is 61.4 Å². The van der Waals surface area contributed by atoms with Crippen molar-refractivity contribution in [3.05, 3.63) is 59.9 Å². The first kappa shape index (κ1) is 22.7. The van der Waals surface area contributed by atoms with Crippen molar-refractivity contribution in [2.45, 2.75) is 23.8 Å². The van der Waals surface area contributed by atoms with E-state index in [1.165, 1.54) is 41.3 Å². The number of amides is 2. The molecule has 2 amide bonds. The van der Waals surface area contributed by atoms with Crippen molar-refractivity contribution in [3.8, 4) is 0 Å². The Kier molecular flexibility index (Phi) is 7.24. The fourth-order valence-electron chi connectivity index (χ4n) is 3.35. The lowest BCUT2D eigenvalue weighted by Crippen LogP contribution is -2.46. The van der Waals surface area contributed by atoms with Crippen LogP contribution >= 0.6 is 0 Å². The average molecular weight is 450 g/mol. The van der Waals surface area contributed by atoms with E-state index < -0.39 is 21.9 Å². The molecule has 2 aromatic carbocycles. The van der Waals surface area contributed by atoms with Gasteiger partial charge in [0.25, 0.3) is 15.9 Å². The van der Waals surface area contributed by atoms with Gasteiger partial charge in [-0.3, -0.25) is 14.3 Å². The molecule has 0 unspecified atom stereocenters. The van der Waals surface area contributed by atoms with Crippen LogP contribution in [0.25, 0.3) is 0 Å². The van der Waals surface area contributed by atoms with E-state index in [0.29, 0.717) is 31.7 Å². The van der Waals surface area contributed by atoms with E-state index >= 15 is 0 Å². The summed E-state index contributed by atoms with van der Waals surface area (Å²) in [4.78, 5) is 26.7. The molecule has 3 rings (SSSR count). The number of likely N-dealkylation sites (tertiary alicyclic amines) is 1. The lowest BCUT2D eigenvalue weighted by molar-refractivity contribution is -0.125. The van der Waals surface area contributed by atoms with Gasteiger partial charge in [-0.25, -0.2) is 12.8 Å². The third-order valence-corrected chi connectivity index (χ3v) is 6.33. The first-order valence-corrected chi connectivity index (χ1v) is 11.3. The van der Waals surface area contributed by atoms with E-state index in [1.807, 2.05) is 0 Å². The summed E-state index contributed by atoms with van der Waals surface area (Å²) in [6, 6.07) is 9.87. The Morgan fingerprint density at radius 1 is 1.13 bits per heavy atom. The Balaban J connectivity index is 1.67. The number of hydrogen-bond donors (Lipinski definition) is 2. The molecule has 0 aromatic heterocycles. The van der Waals surface area contributed by atoms with Gasteiger partial charge in [0, 0.05) is 31.5 Å². The number of anilines is 1. The van der Waals surface area contributed by atoms with Gasteiger partial charge in [0.15, 0.2) is 0 Å². The molecule has 2 N–H and O–H groups in total. The summed E-state index contributed by atoms with van der Waals surface area (Å²) in [5.41, 5.74) is 0.609. The lowest BCUT2D eigenvalue weighted by atomic mass is 10.1. The lowest BCUT2D eigenvalue weighted by Gasteiger charge is -2.24.